The van der Waals surface area contributed by atoms with Crippen LogP contribution in [0.15, 0.2) is 29.4 Å². The van der Waals surface area contributed by atoms with Crippen LogP contribution in [0.25, 0.3) is 10.4 Å². The number of carbonyl (C=O) groups excluding carboxylic acids is 2. The molecule has 0 fully saturated rings. The maximum Gasteiger partial charge on any atom is 0.339 e. The Balaban J connectivity index is 2.99. The van der Waals surface area contributed by atoms with Crippen LogP contribution in [0.3, 0.4) is 0 Å². The van der Waals surface area contributed by atoms with Gasteiger partial charge in [-0.3, -0.25) is 4.79 Å². The second-order valence-electron chi connectivity index (χ2n) is 2.66. The molecule has 0 unspecified atom stereocenters. The highest BCUT2D eigenvalue weighted by Gasteiger charge is 2.11. The second-order valence-corrected chi connectivity index (χ2v) is 2.66. The summed E-state index contributed by atoms with van der Waals surface area (Å²) in [6.07, 6.45) is 0. The van der Waals surface area contributed by atoms with Crippen molar-refractivity contribution in [2.75, 3.05) is 12.4 Å². The molecule has 2 amide bonds. The van der Waals surface area contributed by atoms with Crippen LogP contribution in [0.2, 0.25) is 0 Å². The van der Waals surface area contributed by atoms with Gasteiger partial charge in [-0.1, -0.05) is 12.1 Å². The first kappa shape index (κ1) is 11.5. The number of methoxy groups -OCH3 is 1. The quantitative estimate of drug-likeness (QED) is 0.357. The fourth-order valence-corrected chi connectivity index (χ4v) is 1.06. The third-order valence-electron chi connectivity index (χ3n) is 1.71. The van der Waals surface area contributed by atoms with Crippen molar-refractivity contribution in [3.05, 3.63) is 40.3 Å². The molecule has 0 saturated carbocycles. The van der Waals surface area contributed by atoms with E-state index in [2.05, 4.69) is 20.1 Å². The monoisotopic (exact) mass is 220 g/mol. The first-order valence-electron chi connectivity index (χ1n) is 4.22. The molecule has 0 aromatic heterocycles. The lowest BCUT2D eigenvalue weighted by molar-refractivity contribution is 0.0602. The highest BCUT2D eigenvalue weighted by atomic mass is 16.5. The average molecular weight is 220 g/mol. The minimum atomic E-state index is -0.890. The van der Waals surface area contributed by atoms with Crippen LogP contribution < -0.4 is 5.32 Å². The van der Waals surface area contributed by atoms with Crippen molar-refractivity contribution in [1.29, 1.82) is 0 Å². The van der Waals surface area contributed by atoms with E-state index in [0.717, 1.165) is 0 Å². The van der Waals surface area contributed by atoms with Crippen molar-refractivity contribution in [2.45, 2.75) is 0 Å². The number of hydrogen-bond acceptors (Lipinski definition) is 3. The van der Waals surface area contributed by atoms with E-state index in [4.69, 9.17) is 5.53 Å². The van der Waals surface area contributed by atoms with Crippen molar-refractivity contribution in [1.82, 2.24) is 0 Å². The van der Waals surface area contributed by atoms with Gasteiger partial charge in [0, 0.05) is 10.0 Å². The third kappa shape index (κ3) is 2.73. The van der Waals surface area contributed by atoms with Crippen molar-refractivity contribution in [3.63, 3.8) is 0 Å². The van der Waals surface area contributed by atoms with Crippen LogP contribution in [0.4, 0.5) is 10.5 Å². The van der Waals surface area contributed by atoms with E-state index in [1.54, 1.807) is 12.1 Å². The lowest BCUT2D eigenvalue weighted by Gasteiger charge is -2.06. The maximum atomic E-state index is 11.3. The van der Waals surface area contributed by atoms with E-state index < -0.39 is 12.0 Å². The van der Waals surface area contributed by atoms with Gasteiger partial charge in [0.05, 0.1) is 18.4 Å². The number of amides is 2. The Morgan fingerprint density at radius 2 is 2.12 bits per heavy atom. The minimum absolute atomic E-state index is 0.187. The summed E-state index contributed by atoms with van der Waals surface area (Å²) in [7, 11) is 1.23. The Labute approximate surface area is 90.6 Å². The second kappa shape index (κ2) is 5.38. The zero-order valence-electron chi connectivity index (χ0n) is 8.38. The Hall–Kier alpha value is -2.53. The van der Waals surface area contributed by atoms with Crippen LogP contribution in [-0.4, -0.2) is 19.1 Å². The van der Waals surface area contributed by atoms with Gasteiger partial charge in [-0.15, -0.1) is 0 Å². The Morgan fingerprint density at radius 1 is 1.44 bits per heavy atom. The minimum Gasteiger partial charge on any atom is -0.465 e. The molecule has 0 aliphatic heterocycles. The standard InChI is InChI=1S/C9H8N4O3/c1-16-8(14)6-4-2-3-5-7(6)11-9(15)12-13-10/h2-5H,1H3,(H,11,15). The number of hydrogen-bond donors (Lipinski definition) is 1. The summed E-state index contributed by atoms with van der Waals surface area (Å²) in [5, 5.41) is 5.09. The predicted octanol–water partition coefficient (Wildman–Crippen LogP) is 2.32. The number of rotatable bonds is 2. The summed E-state index contributed by atoms with van der Waals surface area (Å²) < 4.78 is 4.52. The molecule has 82 valence electrons. The van der Waals surface area contributed by atoms with Crippen LogP contribution in [0.1, 0.15) is 10.4 Å². The summed E-state index contributed by atoms with van der Waals surface area (Å²) in [6.45, 7) is 0. The molecule has 0 aliphatic carbocycles. The number of esters is 1. The normalized spacial score (nSPS) is 8.81. The molecule has 7 nitrogen and oxygen atoms in total. The maximum absolute atomic E-state index is 11.3. The summed E-state index contributed by atoms with van der Waals surface area (Å²) in [5.74, 6) is -0.586. The van der Waals surface area contributed by atoms with Gasteiger partial charge >= 0.3 is 12.0 Å². The molecule has 0 saturated heterocycles. The van der Waals surface area contributed by atoms with E-state index in [-0.39, 0.29) is 11.3 Å². The molecule has 0 aliphatic rings. The van der Waals surface area contributed by atoms with Gasteiger partial charge in [-0.2, -0.15) is 0 Å². The predicted molar refractivity (Wildman–Crippen MR) is 55.9 cm³/mol. The number of carbonyl (C=O) groups is 2. The highest BCUT2D eigenvalue weighted by Crippen LogP contribution is 2.16. The van der Waals surface area contributed by atoms with Gasteiger partial charge in [-0.25, -0.2) is 4.79 Å². The number of ether oxygens (including phenoxy) is 1. The number of anilines is 1. The number of benzene rings is 1. The van der Waals surface area contributed by atoms with Crippen molar-refractivity contribution >= 4 is 17.7 Å². The number of nitrogens with one attached hydrogen (secondary N) is 1. The van der Waals surface area contributed by atoms with Gasteiger partial charge in [0.1, 0.15) is 0 Å². The van der Waals surface area contributed by atoms with Crippen molar-refractivity contribution in [2.24, 2.45) is 5.11 Å². The summed E-state index contributed by atoms with van der Waals surface area (Å²) in [5.41, 5.74) is 8.46. The van der Waals surface area contributed by atoms with E-state index in [9.17, 15) is 9.59 Å². The Morgan fingerprint density at radius 3 is 2.75 bits per heavy atom. The Kier molecular flexibility index (Phi) is 3.88. The molecule has 0 bridgehead atoms. The molecule has 1 aromatic carbocycles. The summed E-state index contributed by atoms with van der Waals surface area (Å²) in [6, 6.07) is 5.33. The molecule has 7 heteroatoms. The van der Waals surface area contributed by atoms with Gasteiger partial charge in [-0.05, 0) is 17.7 Å². The molecule has 0 radical (unpaired) electrons. The average Bonchev–Trinajstić information content (AvgIpc) is 2.29. The molecule has 0 heterocycles. The number of azide groups is 1. The largest absolute Gasteiger partial charge is 0.465 e. The topological polar surface area (TPSA) is 104 Å². The summed E-state index contributed by atoms with van der Waals surface area (Å²) in [4.78, 5) is 24.6. The van der Waals surface area contributed by atoms with E-state index >= 15 is 0 Å². The molecule has 1 N–H and O–H groups in total. The smallest absolute Gasteiger partial charge is 0.339 e. The molecule has 0 spiro atoms. The first-order chi connectivity index (χ1) is 7.69. The molecule has 0 atom stereocenters. The SMILES string of the molecule is COC(=O)c1ccccc1NC(=O)N=[N+]=[N-]. The fraction of sp³-hybridized carbons (Fsp3) is 0.111. The molecule has 1 rings (SSSR count). The van der Waals surface area contributed by atoms with Crippen molar-refractivity contribution in [3.8, 4) is 0 Å². The van der Waals surface area contributed by atoms with Crippen LogP contribution in [0.5, 0.6) is 0 Å². The molecule has 1 aromatic rings. The summed E-state index contributed by atoms with van der Waals surface area (Å²) >= 11 is 0. The Bertz CT molecular complexity index is 466. The number of para-hydroxylation sites is 1. The first-order valence-corrected chi connectivity index (χ1v) is 4.22. The van der Waals surface area contributed by atoms with Gasteiger partial charge < -0.3 is 10.1 Å². The van der Waals surface area contributed by atoms with Crippen molar-refractivity contribution < 1.29 is 14.3 Å². The van der Waals surface area contributed by atoms with Gasteiger partial charge in [0.2, 0.25) is 0 Å². The molecular weight excluding hydrogens is 212 g/mol. The molecule has 16 heavy (non-hydrogen) atoms. The molecular formula is C9H8N4O3. The van der Waals surface area contributed by atoms with E-state index in [1.807, 2.05) is 0 Å². The van der Waals surface area contributed by atoms with Crippen LogP contribution >= 0.6 is 0 Å². The third-order valence-corrected chi connectivity index (χ3v) is 1.71. The lowest BCUT2D eigenvalue weighted by Crippen LogP contribution is -2.11. The van der Waals surface area contributed by atoms with Crippen LogP contribution in [0, 0.1) is 0 Å². The number of nitrogens with zero attached hydrogens (tertiary/aromatic N) is 3. The van der Waals surface area contributed by atoms with E-state index in [0.29, 0.717) is 0 Å². The van der Waals surface area contributed by atoms with Crippen LogP contribution in [-0.2, 0) is 4.74 Å². The van der Waals surface area contributed by atoms with Gasteiger partial charge in [0.25, 0.3) is 0 Å². The van der Waals surface area contributed by atoms with E-state index in [1.165, 1.54) is 19.2 Å². The zero-order valence-corrected chi connectivity index (χ0v) is 8.38. The zero-order chi connectivity index (χ0) is 12.0. The fourth-order valence-electron chi connectivity index (χ4n) is 1.06. The number of urea groups is 1. The van der Waals surface area contributed by atoms with Gasteiger partial charge in [0.15, 0.2) is 0 Å². The lowest BCUT2D eigenvalue weighted by atomic mass is 10.2. The highest BCUT2D eigenvalue weighted by molar-refractivity contribution is 6.00.